The molecule has 2 nitrogen and oxygen atoms in total. The second-order valence-electron chi connectivity index (χ2n) is 7.52. The first kappa shape index (κ1) is 23.9. The molecule has 172 valence electrons. The van der Waals surface area contributed by atoms with E-state index in [4.69, 9.17) is 4.74 Å². The van der Waals surface area contributed by atoms with E-state index in [1.54, 1.807) is 12.1 Å². The summed E-state index contributed by atoms with van der Waals surface area (Å²) in [6.45, 7) is 0.315. The van der Waals surface area contributed by atoms with E-state index >= 15 is 0 Å². The third kappa shape index (κ3) is 5.94. The number of allylic oxidation sites excluding steroid dienone is 2. The van der Waals surface area contributed by atoms with Gasteiger partial charge in [-0.25, -0.2) is 17.6 Å². The Morgan fingerprint density at radius 3 is 2.28 bits per heavy atom. The van der Waals surface area contributed by atoms with Gasteiger partial charge in [0.1, 0.15) is 0 Å². The van der Waals surface area contributed by atoms with Gasteiger partial charge in [-0.2, -0.15) is 8.78 Å². The van der Waals surface area contributed by atoms with Gasteiger partial charge < -0.3 is 9.47 Å². The van der Waals surface area contributed by atoms with Crippen LogP contribution in [0.3, 0.4) is 0 Å². The Hall–Kier alpha value is -2.74. The van der Waals surface area contributed by atoms with Gasteiger partial charge in [0.2, 0.25) is 0 Å². The van der Waals surface area contributed by atoms with Crippen LogP contribution in [0.2, 0.25) is 0 Å². The molecule has 0 aliphatic carbocycles. The Kier molecular flexibility index (Phi) is 8.01. The van der Waals surface area contributed by atoms with Crippen molar-refractivity contribution >= 4 is 5.83 Å². The third-order valence-electron chi connectivity index (χ3n) is 5.41. The van der Waals surface area contributed by atoms with E-state index in [9.17, 15) is 26.3 Å². The van der Waals surface area contributed by atoms with Gasteiger partial charge in [-0.05, 0) is 55.0 Å². The molecule has 1 aliphatic heterocycles. The maximum Gasteiger partial charge on any atom is 0.387 e. The van der Waals surface area contributed by atoms with Gasteiger partial charge in [0.05, 0.1) is 12.7 Å². The summed E-state index contributed by atoms with van der Waals surface area (Å²) < 4.78 is 89.0. The van der Waals surface area contributed by atoms with Gasteiger partial charge in [-0.15, -0.1) is 0 Å². The predicted molar refractivity (Wildman–Crippen MR) is 109 cm³/mol. The third-order valence-corrected chi connectivity index (χ3v) is 5.41. The Bertz CT molecular complexity index is 940. The van der Waals surface area contributed by atoms with Crippen molar-refractivity contribution in [3.63, 3.8) is 0 Å². The van der Waals surface area contributed by atoms with Crippen LogP contribution in [0.25, 0.3) is 5.83 Å². The van der Waals surface area contributed by atoms with Crippen molar-refractivity contribution in [1.82, 2.24) is 0 Å². The van der Waals surface area contributed by atoms with Crippen LogP contribution >= 0.6 is 0 Å². The Labute approximate surface area is 182 Å². The summed E-state index contributed by atoms with van der Waals surface area (Å²) in [6.07, 6.45) is 3.03. The molecule has 1 heterocycles. The molecular formula is C24H22F6O2. The molecule has 2 aromatic carbocycles. The van der Waals surface area contributed by atoms with Gasteiger partial charge in [0.25, 0.3) is 0 Å². The Morgan fingerprint density at radius 2 is 1.75 bits per heavy atom. The van der Waals surface area contributed by atoms with Crippen molar-refractivity contribution in [2.45, 2.75) is 44.3 Å². The fourth-order valence-electron chi connectivity index (χ4n) is 3.71. The molecule has 0 amide bonds. The van der Waals surface area contributed by atoms with Gasteiger partial charge in [0.15, 0.2) is 29.0 Å². The van der Waals surface area contributed by atoms with Crippen LogP contribution < -0.4 is 4.74 Å². The molecule has 0 radical (unpaired) electrons. The second-order valence-corrected chi connectivity index (χ2v) is 7.52. The van der Waals surface area contributed by atoms with Gasteiger partial charge in [-0.3, -0.25) is 0 Å². The minimum Gasteiger partial charge on any atom is -0.429 e. The van der Waals surface area contributed by atoms with Crippen LogP contribution in [0.15, 0.2) is 54.9 Å². The van der Waals surface area contributed by atoms with E-state index in [1.165, 1.54) is 12.1 Å². The molecule has 0 spiro atoms. The molecule has 8 heteroatoms. The second kappa shape index (κ2) is 10.7. The monoisotopic (exact) mass is 456 g/mol. The zero-order valence-corrected chi connectivity index (χ0v) is 17.1. The number of hydrogen-bond acceptors (Lipinski definition) is 2. The molecule has 2 aromatic rings. The van der Waals surface area contributed by atoms with E-state index in [0.717, 1.165) is 30.2 Å². The molecular weight excluding hydrogens is 434 g/mol. The lowest BCUT2D eigenvalue weighted by Gasteiger charge is -2.29. The highest BCUT2D eigenvalue weighted by Crippen LogP contribution is 2.32. The Balaban J connectivity index is 1.53. The van der Waals surface area contributed by atoms with E-state index in [0.29, 0.717) is 31.4 Å². The summed E-state index contributed by atoms with van der Waals surface area (Å²) in [4.78, 5) is 0. The molecule has 0 aromatic heterocycles. The highest BCUT2D eigenvalue weighted by molar-refractivity contribution is 5.63. The molecule has 0 bridgehead atoms. The van der Waals surface area contributed by atoms with Crippen LogP contribution in [0, 0.1) is 11.6 Å². The molecule has 1 saturated heterocycles. The normalized spacial score (nSPS) is 19.6. The number of aryl methyl sites for hydroxylation is 1. The summed E-state index contributed by atoms with van der Waals surface area (Å²) in [5.74, 6) is -5.32. The first-order valence-electron chi connectivity index (χ1n) is 10.1. The summed E-state index contributed by atoms with van der Waals surface area (Å²) in [5.41, 5.74) is 1.40. The van der Waals surface area contributed by atoms with Crippen LogP contribution in [-0.2, 0) is 11.2 Å². The van der Waals surface area contributed by atoms with E-state index in [1.807, 2.05) is 0 Å². The smallest absolute Gasteiger partial charge is 0.387 e. The maximum atomic E-state index is 13.8. The van der Waals surface area contributed by atoms with E-state index in [2.05, 4.69) is 11.3 Å². The largest absolute Gasteiger partial charge is 0.429 e. The first-order chi connectivity index (χ1) is 15.3. The van der Waals surface area contributed by atoms with E-state index < -0.39 is 35.6 Å². The van der Waals surface area contributed by atoms with Crippen LogP contribution in [0.1, 0.15) is 41.9 Å². The molecule has 2 unspecified atom stereocenters. The minimum atomic E-state index is -3.31. The van der Waals surface area contributed by atoms with Crippen LogP contribution in [-0.4, -0.2) is 19.3 Å². The number of halogens is 6. The number of alkyl halides is 2. The predicted octanol–water partition coefficient (Wildman–Crippen LogP) is 7.26. The fraction of sp³-hybridized carbons (Fsp3) is 0.333. The molecule has 3 rings (SSSR count). The van der Waals surface area contributed by atoms with Crippen LogP contribution in [0.4, 0.5) is 26.3 Å². The summed E-state index contributed by atoms with van der Waals surface area (Å²) in [5, 5.41) is 0. The molecule has 32 heavy (non-hydrogen) atoms. The van der Waals surface area contributed by atoms with Crippen molar-refractivity contribution < 1.29 is 35.8 Å². The highest BCUT2D eigenvalue weighted by atomic mass is 19.3. The summed E-state index contributed by atoms with van der Waals surface area (Å²) in [7, 11) is 0. The maximum absolute atomic E-state index is 13.8. The van der Waals surface area contributed by atoms with Gasteiger partial charge in [-0.1, -0.05) is 30.8 Å². The lowest BCUT2D eigenvalue weighted by Crippen LogP contribution is -2.25. The molecule has 1 aliphatic rings. The van der Waals surface area contributed by atoms with Crippen molar-refractivity contribution in [3.05, 3.63) is 83.2 Å². The molecule has 2 atom stereocenters. The van der Waals surface area contributed by atoms with Crippen molar-refractivity contribution in [2.75, 3.05) is 6.61 Å². The molecule has 1 fully saturated rings. The fourth-order valence-corrected chi connectivity index (χ4v) is 3.71. The zero-order chi connectivity index (χ0) is 23.3. The Morgan fingerprint density at radius 1 is 1.09 bits per heavy atom. The van der Waals surface area contributed by atoms with Crippen LogP contribution in [0.5, 0.6) is 5.75 Å². The SMILES string of the molecule is C=C/C(F)=C(\F)c1ccc(C2CCC(CCc3cc(F)c(OC(F)F)c(F)c3)OC2)cc1. The molecule has 0 N–H and O–H groups in total. The minimum absolute atomic E-state index is 0.0947. The van der Waals surface area contributed by atoms with Gasteiger partial charge in [0, 0.05) is 11.5 Å². The summed E-state index contributed by atoms with van der Waals surface area (Å²) in [6, 6.07) is 8.44. The lowest BCUT2D eigenvalue weighted by atomic mass is 9.89. The topological polar surface area (TPSA) is 18.5 Å². The number of rotatable bonds is 8. The van der Waals surface area contributed by atoms with Crippen molar-refractivity contribution in [1.29, 1.82) is 0 Å². The average Bonchev–Trinajstić information content (AvgIpc) is 2.79. The zero-order valence-electron chi connectivity index (χ0n) is 17.1. The molecule has 0 saturated carbocycles. The summed E-state index contributed by atoms with van der Waals surface area (Å²) >= 11 is 0. The van der Waals surface area contributed by atoms with Gasteiger partial charge >= 0.3 is 6.61 Å². The standard InChI is InChI=1S/C24H22F6O2/c1-2-19(25)22(28)16-6-4-15(5-7-16)17-8-10-18(31-13-17)9-3-14-11-20(26)23(21(27)12-14)32-24(29)30/h2,4-7,11-12,17-18,24H,1,3,8-10,13H2/b22-19+. The quantitative estimate of drug-likeness (QED) is 0.308. The average molecular weight is 456 g/mol. The number of hydrogen-bond donors (Lipinski definition) is 0. The number of ether oxygens (including phenoxy) is 2. The lowest BCUT2D eigenvalue weighted by molar-refractivity contribution is -0.0546. The highest BCUT2D eigenvalue weighted by Gasteiger charge is 2.24. The van der Waals surface area contributed by atoms with Crippen molar-refractivity contribution in [2.24, 2.45) is 0 Å². The van der Waals surface area contributed by atoms with Crippen molar-refractivity contribution in [3.8, 4) is 5.75 Å². The first-order valence-corrected chi connectivity index (χ1v) is 10.1. The van der Waals surface area contributed by atoms with E-state index in [-0.39, 0.29) is 17.6 Å². The number of benzene rings is 2.